The lowest BCUT2D eigenvalue weighted by molar-refractivity contribution is -0.143. The molecule has 1 aromatic carbocycles. The highest BCUT2D eigenvalue weighted by molar-refractivity contribution is 7.98. The molecule has 3 nitrogen and oxygen atoms in total. The lowest BCUT2D eigenvalue weighted by Crippen LogP contribution is -2.51. The van der Waals surface area contributed by atoms with Gasteiger partial charge in [-0.05, 0) is 32.9 Å². The summed E-state index contributed by atoms with van der Waals surface area (Å²) in [4.78, 5) is 11.3. The van der Waals surface area contributed by atoms with Gasteiger partial charge in [0.1, 0.15) is 5.54 Å². The Hall–Kier alpha value is -1.00. The molecule has 106 valence electrons. The summed E-state index contributed by atoms with van der Waals surface area (Å²) in [5.74, 6) is 0.613. The monoisotopic (exact) mass is 281 g/mol. The zero-order valence-corrected chi connectivity index (χ0v) is 12.9. The van der Waals surface area contributed by atoms with Crippen LogP contribution < -0.4 is 5.32 Å². The topological polar surface area (TPSA) is 49.3 Å². The second-order valence-corrected chi connectivity index (χ2v) is 6.14. The van der Waals surface area contributed by atoms with Crippen molar-refractivity contribution in [2.45, 2.75) is 39.0 Å². The van der Waals surface area contributed by atoms with Gasteiger partial charge in [-0.3, -0.25) is 4.79 Å². The molecule has 0 spiro atoms. The van der Waals surface area contributed by atoms with Gasteiger partial charge in [-0.2, -0.15) is 11.8 Å². The molecule has 0 heterocycles. The summed E-state index contributed by atoms with van der Waals surface area (Å²) in [5, 5.41) is 12.3. The third kappa shape index (κ3) is 4.88. The minimum absolute atomic E-state index is 0.559. The molecule has 0 aliphatic heterocycles. The smallest absolute Gasteiger partial charge is 0.324 e. The molecule has 1 unspecified atom stereocenters. The molecule has 0 aliphatic carbocycles. The van der Waals surface area contributed by atoms with E-state index >= 15 is 0 Å². The van der Waals surface area contributed by atoms with Gasteiger partial charge in [0, 0.05) is 11.5 Å². The molecule has 4 heteroatoms. The number of rotatable bonds is 7. The van der Waals surface area contributed by atoms with Crippen molar-refractivity contribution in [2.24, 2.45) is 0 Å². The van der Waals surface area contributed by atoms with Crippen LogP contribution in [0, 0.1) is 13.8 Å². The quantitative estimate of drug-likeness (QED) is 0.806. The van der Waals surface area contributed by atoms with Crippen molar-refractivity contribution >= 4 is 17.7 Å². The number of aryl methyl sites for hydroxylation is 2. The normalized spacial score (nSPS) is 14.1. The highest BCUT2D eigenvalue weighted by Crippen LogP contribution is 2.20. The Bertz CT molecular complexity index is 428. The van der Waals surface area contributed by atoms with Crippen LogP contribution in [0.25, 0.3) is 0 Å². The minimum Gasteiger partial charge on any atom is -0.480 e. The number of hydrogen-bond donors (Lipinski definition) is 2. The van der Waals surface area contributed by atoms with Crippen molar-refractivity contribution in [1.82, 2.24) is 5.32 Å². The first-order valence-electron chi connectivity index (χ1n) is 6.50. The van der Waals surface area contributed by atoms with Crippen molar-refractivity contribution in [2.75, 3.05) is 12.3 Å². The molecule has 1 atom stereocenters. The van der Waals surface area contributed by atoms with E-state index in [9.17, 15) is 9.90 Å². The predicted octanol–water partition coefficient (Wildman–Crippen LogP) is 2.99. The first-order valence-corrected chi connectivity index (χ1v) is 7.66. The van der Waals surface area contributed by atoms with Crippen LogP contribution >= 0.6 is 11.8 Å². The number of likely N-dealkylation sites (N-methyl/N-ethyl adjacent to an activating group) is 1. The molecule has 0 bridgehead atoms. The highest BCUT2D eigenvalue weighted by Gasteiger charge is 2.31. The molecule has 0 amide bonds. The molecule has 0 saturated heterocycles. The molecular weight excluding hydrogens is 258 g/mol. The van der Waals surface area contributed by atoms with Crippen LogP contribution in [0.4, 0.5) is 0 Å². The Balaban J connectivity index is 2.59. The maximum absolute atomic E-state index is 11.3. The number of hydrogen-bond acceptors (Lipinski definition) is 3. The van der Waals surface area contributed by atoms with Gasteiger partial charge in [0.25, 0.3) is 0 Å². The summed E-state index contributed by atoms with van der Waals surface area (Å²) in [7, 11) is 0. The predicted molar refractivity (Wildman–Crippen MR) is 81.8 cm³/mol. The van der Waals surface area contributed by atoms with E-state index in [1.807, 2.05) is 6.92 Å². The van der Waals surface area contributed by atoms with E-state index in [0.29, 0.717) is 12.3 Å². The Morgan fingerprint density at radius 3 is 2.37 bits per heavy atom. The van der Waals surface area contributed by atoms with Crippen LogP contribution in [-0.2, 0) is 10.5 Å². The SMILES string of the molecule is CCNC(C)(CSCc1cc(C)cc(C)c1)C(=O)O. The van der Waals surface area contributed by atoms with Gasteiger partial charge in [-0.25, -0.2) is 0 Å². The van der Waals surface area contributed by atoms with Gasteiger partial charge >= 0.3 is 5.97 Å². The maximum atomic E-state index is 11.3. The number of nitrogens with one attached hydrogen (secondary N) is 1. The van der Waals surface area contributed by atoms with E-state index in [0.717, 1.165) is 5.75 Å². The third-order valence-electron chi connectivity index (χ3n) is 2.98. The first-order chi connectivity index (χ1) is 8.87. The molecule has 0 radical (unpaired) electrons. The van der Waals surface area contributed by atoms with E-state index < -0.39 is 11.5 Å². The van der Waals surface area contributed by atoms with E-state index in [4.69, 9.17) is 0 Å². The Morgan fingerprint density at radius 2 is 1.89 bits per heavy atom. The Labute approximate surface area is 119 Å². The largest absolute Gasteiger partial charge is 0.480 e. The fraction of sp³-hybridized carbons (Fsp3) is 0.533. The molecule has 2 N–H and O–H groups in total. The van der Waals surface area contributed by atoms with Gasteiger partial charge in [0.15, 0.2) is 0 Å². The first kappa shape index (κ1) is 16.1. The van der Waals surface area contributed by atoms with Crippen LogP contribution in [0.3, 0.4) is 0 Å². The highest BCUT2D eigenvalue weighted by atomic mass is 32.2. The minimum atomic E-state index is -0.849. The van der Waals surface area contributed by atoms with Crippen molar-refractivity contribution in [1.29, 1.82) is 0 Å². The van der Waals surface area contributed by atoms with Crippen molar-refractivity contribution in [3.05, 3.63) is 34.9 Å². The van der Waals surface area contributed by atoms with Crippen molar-refractivity contribution in [3.63, 3.8) is 0 Å². The second-order valence-electron chi connectivity index (χ2n) is 5.16. The van der Waals surface area contributed by atoms with Crippen LogP contribution in [-0.4, -0.2) is 28.9 Å². The summed E-state index contributed by atoms with van der Waals surface area (Å²) in [5.41, 5.74) is 2.91. The lowest BCUT2D eigenvalue weighted by atomic mass is 10.1. The number of carbonyl (C=O) groups is 1. The number of carboxylic acid groups (broad SMARTS) is 1. The van der Waals surface area contributed by atoms with Crippen LogP contribution in [0.15, 0.2) is 18.2 Å². The van der Waals surface area contributed by atoms with Gasteiger partial charge < -0.3 is 10.4 Å². The molecule has 1 rings (SSSR count). The summed E-state index contributed by atoms with van der Waals surface area (Å²) in [6, 6.07) is 6.46. The number of benzene rings is 1. The molecule has 0 aliphatic rings. The molecule has 0 fully saturated rings. The Morgan fingerprint density at radius 1 is 1.32 bits per heavy atom. The number of thioether (sulfide) groups is 1. The molecule has 1 aromatic rings. The van der Waals surface area contributed by atoms with Crippen molar-refractivity contribution < 1.29 is 9.90 Å². The van der Waals surface area contributed by atoms with Crippen LogP contribution in [0.5, 0.6) is 0 Å². The zero-order chi connectivity index (χ0) is 14.5. The molecule has 0 saturated carbocycles. The molecular formula is C15H23NO2S. The average Bonchev–Trinajstić information content (AvgIpc) is 2.27. The number of carboxylic acids is 1. The molecule has 19 heavy (non-hydrogen) atoms. The molecule has 0 aromatic heterocycles. The summed E-state index contributed by atoms with van der Waals surface area (Å²) in [6.45, 7) is 8.50. The third-order valence-corrected chi connectivity index (χ3v) is 4.30. The Kier molecular flexibility index (Phi) is 5.88. The maximum Gasteiger partial charge on any atom is 0.324 e. The van der Waals surface area contributed by atoms with Crippen molar-refractivity contribution in [3.8, 4) is 0 Å². The summed E-state index contributed by atoms with van der Waals surface area (Å²) >= 11 is 1.66. The number of aliphatic carboxylic acids is 1. The van der Waals surface area contributed by atoms with Gasteiger partial charge in [0.05, 0.1) is 0 Å². The summed E-state index contributed by atoms with van der Waals surface area (Å²) in [6.07, 6.45) is 0. The van der Waals surface area contributed by atoms with Gasteiger partial charge in [-0.15, -0.1) is 0 Å². The van der Waals surface area contributed by atoms with Gasteiger partial charge in [-0.1, -0.05) is 36.2 Å². The standard InChI is InChI=1S/C15H23NO2S/c1-5-16-15(4,14(17)18)10-19-9-13-7-11(2)6-12(3)8-13/h6-8,16H,5,9-10H2,1-4H3,(H,17,18). The van der Waals surface area contributed by atoms with E-state index in [1.54, 1.807) is 18.7 Å². The average molecular weight is 281 g/mol. The second kappa shape index (κ2) is 6.96. The van der Waals surface area contributed by atoms with E-state index in [1.165, 1.54) is 16.7 Å². The van der Waals surface area contributed by atoms with Crippen LogP contribution in [0.2, 0.25) is 0 Å². The summed E-state index contributed by atoms with van der Waals surface area (Å²) < 4.78 is 0. The van der Waals surface area contributed by atoms with Crippen LogP contribution in [0.1, 0.15) is 30.5 Å². The fourth-order valence-electron chi connectivity index (χ4n) is 2.10. The zero-order valence-electron chi connectivity index (χ0n) is 12.1. The lowest BCUT2D eigenvalue weighted by Gasteiger charge is -2.25. The van der Waals surface area contributed by atoms with E-state index in [2.05, 4.69) is 37.4 Å². The fourth-order valence-corrected chi connectivity index (χ4v) is 3.24. The van der Waals surface area contributed by atoms with Gasteiger partial charge in [0.2, 0.25) is 0 Å². The van der Waals surface area contributed by atoms with E-state index in [-0.39, 0.29) is 0 Å².